The topological polar surface area (TPSA) is 52.6 Å². The van der Waals surface area contributed by atoms with Gasteiger partial charge in [-0.15, -0.1) is 0 Å². The zero-order valence-electron chi connectivity index (χ0n) is 11.2. The lowest BCUT2D eigenvalue weighted by Crippen LogP contribution is -2.28. The van der Waals surface area contributed by atoms with Gasteiger partial charge in [-0.05, 0) is 25.0 Å². The van der Waals surface area contributed by atoms with Gasteiger partial charge in [-0.1, -0.05) is 31.5 Å². The van der Waals surface area contributed by atoms with E-state index >= 15 is 0 Å². The maximum Gasteiger partial charge on any atom is 0.297 e. The Morgan fingerprint density at radius 2 is 1.72 bits per heavy atom. The monoisotopic (exact) mass is 272 g/mol. The van der Waals surface area contributed by atoms with Crippen molar-refractivity contribution in [3.63, 3.8) is 0 Å². The first-order chi connectivity index (χ1) is 8.36. The van der Waals surface area contributed by atoms with Crippen molar-refractivity contribution < 1.29 is 17.3 Å². The molecule has 1 aromatic rings. The van der Waals surface area contributed by atoms with Crippen molar-refractivity contribution in [3.8, 4) is 0 Å². The molecular formula is C13H20O4S. The fourth-order valence-electron chi connectivity index (χ4n) is 1.42. The SMILES string of the molecule is COCC(OS(=O)(=O)c1ccc(C)cc1)C(C)C. The van der Waals surface area contributed by atoms with Gasteiger partial charge in [0.25, 0.3) is 10.1 Å². The third kappa shape index (κ3) is 4.08. The van der Waals surface area contributed by atoms with Crippen LogP contribution >= 0.6 is 0 Å². The Kier molecular flexibility index (Phi) is 5.31. The molecule has 0 fully saturated rings. The summed E-state index contributed by atoms with van der Waals surface area (Å²) in [6, 6.07) is 6.59. The van der Waals surface area contributed by atoms with E-state index in [9.17, 15) is 8.42 Å². The third-order valence-electron chi connectivity index (χ3n) is 2.63. The van der Waals surface area contributed by atoms with E-state index in [1.807, 2.05) is 20.8 Å². The van der Waals surface area contributed by atoms with Crippen LogP contribution in [0.25, 0.3) is 0 Å². The van der Waals surface area contributed by atoms with Crippen LogP contribution in [0.4, 0.5) is 0 Å². The van der Waals surface area contributed by atoms with E-state index in [-0.39, 0.29) is 17.4 Å². The molecule has 0 aliphatic rings. The third-order valence-corrected chi connectivity index (χ3v) is 3.98. The quantitative estimate of drug-likeness (QED) is 0.746. The molecule has 1 aromatic carbocycles. The Hall–Kier alpha value is -0.910. The lowest BCUT2D eigenvalue weighted by Gasteiger charge is -2.20. The van der Waals surface area contributed by atoms with Gasteiger partial charge in [-0.3, -0.25) is 4.18 Å². The zero-order valence-corrected chi connectivity index (χ0v) is 12.0. The van der Waals surface area contributed by atoms with Crippen LogP contribution in [0.2, 0.25) is 0 Å². The standard InChI is InChI=1S/C13H20O4S/c1-10(2)13(9-16-4)17-18(14,15)12-7-5-11(3)6-8-12/h5-8,10,13H,9H2,1-4H3. The van der Waals surface area contributed by atoms with Crippen molar-refractivity contribution in [1.29, 1.82) is 0 Å². The summed E-state index contributed by atoms with van der Waals surface area (Å²) in [6.07, 6.45) is -0.471. The molecule has 0 aliphatic carbocycles. The number of hydrogen-bond acceptors (Lipinski definition) is 4. The highest BCUT2D eigenvalue weighted by molar-refractivity contribution is 7.86. The molecule has 0 heterocycles. The first-order valence-electron chi connectivity index (χ1n) is 5.85. The molecule has 5 heteroatoms. The highest BCUT2D eigenvalue weighted by Gasteiger charge is 2.24. The Morgan fingerprint density at radius 1 is 1.17 bits per heavy atom. The van der Waals surface area contributed by atoms with Gasteiger partial charge >= 0.3 is 0 Å². The minimum Gasteiger partial charge on any atom is -0.382 e. The van der Waals surface area contributed by atoms with Crippen LogP contribution in [0.3, 0.4) is 0 Å². The minimum atomic E-state index is -3.72. The van der Waals surface area contributed by atoms with Crippen LogP contribution in [-0.4, -0.2) is 28.2 Å². The van der Waals surface area contributed by atoms with Crippen molar-refractivity contribution in [1.82, 2.24) is 0 Å². The number of ether oxygens (including phenoxy) is 1. The molecular weight excluding hydrogens is 252 g/mol. The largest absolute Gasteiger partial charge is 0.382 e. The smallest absolute Gasteiger partial charge is 0.297 e. The summed E-state index contributed by atoms with van der Waals surface area (Å²) in [6.45, 7) is 5.95. The number of aryl methyl sites for hydroxylation is 1. The van der Waals surface area contributed by atoms with Gasteiger partial charge in [0.1, 0.15) is 6.10 Å². The maximum absolute atomic E-state index is 12.1. The van der Waals surface area contributed by atoms with Crippen molar-refractivity contribution in [3.05, 3.63) is 29.8 Å². The molecule has 0 radical (unpaired) electrons. The van der Waals surface area contributed by atoms with Crippen LogP contribution in [0.1, 0.15) is 19.4 Å². The van der Waals surface area contributed by atoms with Crippen LogP contribution < -0.4 is 0 Å². The summed E-state index contributed by atoms with van der Waals surface area (Å²) in [5, 5.41) is 0. The fraction of sp³-hybridized carbons (Fsp3) is 0.538. The van der Waals surface area contributed by atoms with E-state index in [2.05, 4.69) is 0 Å². The second-order valence-corrected chi connectivity index (χ2v) is 6.17. The summed E-state index contributed by atoms with van der Waals surface area (Å²) < 4.78 is 34.3. The molecule has 0 aliphatic heterocycles. The highest BCUT2D eigenvalue weighted by atomic mass is 32.2. The average Bonchev–Trinajstić information content (AvgIpc) is 2.28. The number of benzene rings is 1. The van der Waals surface area contributed by atoms with Crippen molar-refractivity contribution in [2.24, 2.45) is 5.92 Å². The summed E-state index contributed by atoms with van der Waals surface area (Å²) in [5.74, 6) is 0.0603. The van der Waals surface area contributed by atoms with E-state index in [1.165, 1.54) is 7.11 Å². The van der Waals surface area contributed by atoms with E-state index in [1.54, 1.807) is 24.3 Å². The zero-order chi connectivity index (χ0) is 13.8. The molecule has 18 heavy (non-hydrogen) atoms. The molecule has 0 spiro atoms. The summed E-state index contributed by atoms with van der Waals surface area (Å²) in [5.41, 5.74) is 1.01. The van der Waals surface area contributed by atoms with Crippen LogP contribution in [0.15, 0.2) is 29.2 Å². The molecule has 0 bridgehead atoms. The Balaban J connectivity index is 2.89. The van der Waals surface area contributed by atoms with Gasteiger partial charge in [0.05, 0.1) is 11.5 Å². The van der Waals surface area contributed by atoms with Gasteiger partial charge in [-0.2, -0.15) is 8.42 Å². The second-order valence-electron chi connectivity index (χ2n) is 4.60. The Labute approximate surface area is 109 Å². The predicted octanol–water partition coefficient (Wildman–Crippen LogP) is 2.37. The molecule has 1 atom stereocenters. The van der Waals surface area contributed by atoms with E-state index in [0.29, 0.717) is 0 Å². The summed E-state index contributed by atoms with van der Waals surface area (Å²) >= 11 is 0. The van der Waals surface area contributed by atoms with Gasteiger partial charge in [0, 0.05) is 7.11 Å². The van der Waals surface area contributed by atoms with Gasteiger partial charge < -0.3 is 4.74 Å². The highest BCUT2D eigenvalue weighted by Crippen LogP contribution is 2.18. The Morgan fingerprint density at radius 3 is 2.17 bits per heavy atom. The van der Waals surface area contributed by atoms with Crippen LogP contribution in [0, 0.1) is 12.8 Å². The fourth-order valence-corrected chi connectivity index (χ4v) is 2.60. The van der Waals surface area contributed by atoms with Crippen molar-refractivity contribution >= 4 is 10.1 Å². The number of methoxy groups -OCH3 is 1. The molecule has 1 unspecified atom stereocenters. The number of hydrogen-bond donors (Lipinski definition) is 0. The first kappa shape index (κ1) is 15.1. The molecule has 0 saturated heterocycles. The average molecular weight is 272 g/mol. The predicted molar refractivity (Wildman–Crippen MR) is 70.0 cm³/mol. The minimum absolute atomic E-state index is 0.0603. The molecule has 0 saturated carbocycles. The van der Waals surface area contributed by atoms with Crippen LogP contribution in [0.5, 0.6) is 0 Å². The van der Waals surface area contributed by atoms with Gasteiger partial charge in [0.2, 0.25) is 0 Å². The molecule has 4 nitrogen and oxygen atoms in total. The van der Waals surface area contributed by atoms with Crippen LogP contribution in [-0.2, 0) is 19.0 Å². The van der Waals surface area contributed by atoms with E-state index in [0.717, 1.165) is 5.56 Å². The molecule has 102 valence electrons. The lowest BCUT2D eigenvalue weighted by molar-refractivity contribution is 0.0573. The van der Waals surface area contributed by atoms with Gasteiger partial charge in [-0.25, -0.2) is 0 Å². The molecule has 0 aromatic heterocycles. The Bertz CT molecular complexity index is 462. The summed E-state index contributed by atoms with van der Waals surface area (Å²) in [4.78, 5) is 0.176. The van der Waals surface area contributed by atoms with Crippen molar-refractivity contribution in [2.45, 2.75) is 31.8 Å². The second kappa shape index (κ2) is 6.31. The first-order valence-corrected chi connectivity index (χ1v) is 7.26. The normalized spacial score (nSPS) is 13.8. The molecule has 0 N–H and O–H groups in total. The van der Waals surface area contributed by atoms with E-state index < -0.39 is 16.2 Å². The van der Waals surface area contributed by atoms with Crippen molar-refractivity contribution in [2.75, 3.05) is 13.7 Å². The number of rotatable bonds is 6. The lowest BCUT2D eigenvalue weighted by atomic mass is 10.1. The van der Waals surface area contributed by atoms with E-state index in [4.69, 9.17) is 8.92 Å². The molecule has 0 amide bonds. The summed E-state index contributed by atoms with van der Waals surface area (Å²) in [7, 11) is -2.20. The van der Waals surface area contributed by atoms with Gasteiger partial charge in [0.15, 0.2) is 0 Å². The molecule has 1 rings (SSSR count). The maximum atomic E-state index is 12.1.